The van der Waals surface area contributed by atoms with Crippen molar-refractivity contribution in [3.63, 3.8) is 0 Å². The maximum atomic E-state index is 11.9. The van der Waals surface area contributed by atoms with Gasteiger partial charge in [0, 0.05) is 12.2 Å². The molecular weight excluding hydrogens is 312 g/mol. The Labute approximate surface area is 140 Å². The molecule has 4 N–H and O–H groups in total. The van der Waals surface area contributed by atoms with Crippen molar-refractivity contribution >= 4 is 29.2 Å². The van der Waals surface area contributed by atoms with Crippen molar-refractivity contribution in [2.24, 2.45) is 10.7 Å². The van der Waals surface area contributed by atoms with Gasteiger partial charge >= 0.3 is 0 Å². The second-order valence-electron chi connectivity index (χ2n) is 4.99. The minimum atomic E-state index is -0.226. The first kappa shape index (κ1) is 16.8. The predicted molar refractivity (Wildman–Crippen MR) is 95.1 cm³/mol. The standard InChI is InChI=1S/C17H19ClN4O/c1-12-6-8-13(9-7-12)22-17(19)21-11-10-20-16(23)14-4-2-3-5-15(14)18/h2-9H,10-11H2,1H3,(H,20,23)(H3,19,21,22). The zero-order chi connectivity index (χ0) is 16.7. The maximum Gasteiger partial charge on any atom is 0.252 e. The van der Waals surface area contributed by atoms with Crippen molar-refractivity contribution in [2.45, 2.75) is 6.92 Å². The van der Waals surface area contributed by atoms with Crippen LogP contribution in [0, 0.1) is 6.92 Å². The number of nitrogens with one attached hydrogen (secondary N) is 2. The van der Waals surface area contributed by atoms with Crippen LogP contribution >= 0.6 is 11.6 Å². The van der Waals surface area contributed by atoms with Crippen LogP contribution < -0.4 is 16.4 Å². The van der Waals surface area contributed by atoms with Crippen LogP contribution in [0.2, 0.25) is 5.02 Å². The fourth-order valence-electron chi connectivity index (χ4n) is 1.91. The molecule has 23 heavy (non-hydrogen) atoms. The monoisotopic (exact) mass is 330 g/mol. The molecule has 0 fully saturated rings. The maximum absolute atomic E-state index is 11.9. The number of aryl methyl sites for hydroxylation is 1. The van der Waals surface area contributed by atoms with Gasteiger partial charge in [0.1, 0.15) is 0 Å². The SMILES string of the molecule is Cc1ccc(NC(N)=NCCNC(=O)c2ccccc2Cl)cc1. The van der Waals surface area contributed by atoms with Gasteiger partial charge in [-0.1, -0.05) is 41.4 Å². The summed E-state index contributed by atoms with van der Waals surface area (Å²) >= 11 is 5.97. The smallest absolute Gasteiger partial charge is 0.252 e. The first-order valence-electron chi connectivity index (χ1n) is 7.22. The fourth-order valence-corrected chi connectivity index (χ4v) is 2.13. The number of halogens is 1. The molecule has 0 saturated carbocycles. The number of benzene rings is 2. The van der Waals surface area contributed by atoms with Crippen LogP contribution in [0.3, 0.4) is 0 Å². The van der Waals surface area contributed by atoms with E-state index in [1.807, 2.05) is 31.2 Å². The molecule has 2 aromatic rings. The van der Waals surface area contributed by atoms with Gasteiger partial charge < -0.3 is 16.4 Å². The highest BCUT2D eigenvalue weighted by Crippen LogP contribution is 2.14. The van der Waals surface area contributed by atoms with Crippen molar-refractivity contribution in [3.8, 4) is 0 Å². The molecular formula is C17H19ClN4O. The molecule has 120 valence electrons. The van der Waals surface area contributed by atoms with E-state index in [0.717, 1.165) is 5.69 Å². The lowest BCUT2D eigenvalue weighted by atomic mass is 10.2. The molecule has 6 heteroatoms. The van der Waals surface area contributed by atoms with E-state index in [1.165, 1.54) is 5.56 Å². The summed E-state index contributed by atoms with van der Waals surface area (Å²) in [6.07, 6.45) is 0. The first-order chi connectivity index (χ1) is 11.1. The molecule has 2 rings (SSSR count). The lowest BCUT2D eigenvalue weighted by molar-refractivity contribution is 0.0955. The molecule has 0 bridgehead atoms. The molecule has 0 aliphatic rings. The molecule has 5 nitrogen and oxygen atoms in total. The number of anilines is 1. The number of hydrogen-bond donors (Lipinski definition) is 3. The minimum Gasteiger partial charge on any atom is -0.370 e. The third-order valence-corrected chi connectivity index (χ3v) is 3.45. The number of nitrogens with two attached hydrogens (primary N) is 1. The highest BCUT2D eigenvalue weighted by atomic mass is 35.5. The van der Waals surface area contributed by atoms with E-state index in [4.69, 9.17) is 17.3 Å². The van der Waals surface area contributed by atoms with Crippen LogP contribution in [0.1, 0.15) is 15.9 Å². The number of carbonyl (C=O) groups excluding carboxylic acids is 1. The lowest BCUT2D eigenvalue weighted by Gasteiger charge is -2.07. The number of aliphatic imine (C=N–C) groups is 1. The van der Waals surface area contributed by atoms with E-state index in [9.17, 15) is 4.79 Å². The highest BCUT2D eigenvalue weighted by Gasteiger charge is 2.07. The molecule has 0 aliphatic carbocycles. The molecule has 0 atom stereocenters. The largest absolute Gasteiger partial charge is 0.370 e. The van der Waals surface area contributed by atoms with E-state index in [-0.39, 0.29) is 5.91 Å². The molecule has 0 heterocycles. The van der Waals surface area contributed by atoms with Crippen LogP contribution in [0.15, 0.2) is 53.5 Å². The Hall–Kier alpha value is -2.53. The fraction of sp³-hybridized carbons (Fsp3) is 0.176. The molecule has 0 aliphatic heterocycles. The van der Waals surface area contributed by atoms with E-state index in [2.05, 4.69) is 15.6 Å². The van der Waals surface area contributed by atoms with Crippen LogP contribution in [-0.4, -0.2) is 25.0 Å². The second-order valence-corrected chi connectivity index (χ2v) is 5.40. The molecule has 1 amide bonds. The predicted octanol–water partition coefficient (Wildman–Crippen LogP) is 2.81. The summed E-state index contributed by atoms with van der Waals surface area (Å²) in [7, 11) is 0. The van der Waals surface area contributed by atoms with Gasteiger partial charge in [0.05, 0.1) is 17.1 Å². The van der Waals surface area contributed by atoms with Crippen molar-refractivity contribution < 1.29 is 4.79 Å². The Morgan fingerprint density at radius 2 is 1.87 bits per heavy atom. The Kier molecular flexibility index (Phi) is 6.00. The lowest BCUT2D eigenvalue weighted by Crippen LogP contribution is -2.28. The number of guanidine groups is 1. The zero-order valence-corrected chi connectivity index (χ0v) is 13.6. The van der Waals surface area contributed by atoms with Crippen molar-refractivity contribution in [1.82, 2.24) is 5.32 Å². The average molecular weight is 331 g/mol. The molecule has 0 saturated heterocycles. The normalized spacial score (nSPS) is 11.1. The van der Waals surface area contributed by atoms with Gasteiger partial charge in [0.2, 0.25) is 0 Å². The van der Waals surface area contributed by atoms with Gasteiger partial charge in [-0.15, -0.1) is 0 Å². The van der Waals surface area contributed by atoms with Gasteiger partial charge in [-0.2, -0.15) is 0 Å². The summed E-state index contributed by atoms with van der Waals surface area (Å²) in [6, 6.07) is 14.7. The van der Waals surface area contributed by atoms with Crippen LogP contribution in [0.4, 0.5) is 5.69 Å². The summed E-state index contributed by atoms with van der Waals surface area (Å²) in [5, 5.41) is 6.17. The molecule has 2 aromatic carbocycles. The summed E-state index contributed by atoms with van der Waals surface area (Å²) in [4.78, 5) is 16.1. The number of amides is 1. The molecule has 0 aromatic heterocycles. The van der Waals surface area contributed by atoms with E-state index in [0.29, 0.717) is 29.6 Å². The second kappa shape index (κ2) is 8.19. The van der Waals surface area contributed by atoms with Crippen molar-refractivity contribution in [2.75, 3.05) is 18.4 Å². The number of nitrogens with zero attached hydrogens (tertiary/aromatic N) is 1. The number of carbonyl (C=O) groups is 1. The summed E-state index contributed by atoms with van der Waals surface area (Å²) < 4.78 is 0. The van der Waals surface area contributed by atoms with Gasteiger partial charge in [-0.25, -0.2) is 0 Å². The summed E-state index contributed by atoms with van der Waals surface area (Å²) in [5.41, 5.74) is 8.30. The third kappa shape index (κ3) is 5.30. The van der Waals surface area contributed by atoms with E-state index >= 15 is 0 Å². The Balaban J connectivity index is 1.78. The molecule has 0 radical (unpaired) electrons. The quantitative estimate of drug-likeness (QED) is 0.448. The Morgan fingerprint density at radius 3 is 2.57 bits per heavy atom. The Morgan fingerprint density at radius 1 is 1.17 bits per heavy atom. The van der Waals surface area contributed by atoms with Crippen molar-refractivity contribution in [1.29, 1.82) is 0 Å². The number of hydrogen-bond acceptors (Lipinski definition) is 2. The molecule has 0 unspecified atom stereocenters. The van der Waals surface area contributed by atoms with Gasteiger partial charge in [-0.05, 0) is 31.2 Å². The molecule has 0 spiro atoms. The average Bonchev–Trinajstić information content (AvgIpc) is 2.54. The number of rotatable bonds is 5. The van der Waals surface area contributed by atoms with Crippen LogP contribution in [0.25, 0.3) is 0 Å². The highest BCUT2D eigenvalue weighted by molar-refractivity contribution is 6.33. The van der Waals surface area contributed by atoms with Gasteiger partial charge in [0.25, 0.3) is 5.91 Å². The Bertz CT molecular complexity index is 698. The topological polar surface area (TPSA) is 79.5 Å². The first-order valence-corrected chi connectivity index (χ1v) is 7.60. The van der Waals surface area contributed by atoms with Crippen LogP contribution in [-0.2, 0) is 0 Å². The van der Waals surface area contributed by atoms with E-state index < -0.39 is 0 Å². The third-order valence-electron chi connectivity index (χ3n) is 3.12. The van der Waals surface area contributed by atoms with Gasteiger partial charge in [0.15, 0.2) is 5.96 Å². The van der Waals surface area contributed by atoms with Gasteiger partial charge in [-0.3, -0.25) is 9.79 Å². The summed E-state index contributed by atoms with van der Waals surface area (Å²) in [6.45, 7) is 2.77. The van der Waals surface area contributed by atoms with E-state index in [1.54, 1.807) is 24.3 Å². The zero-order valence-electron chi connectivity index (χ0n) is 12.8. The van der Waals surface area contributed by atoms with Crippen molar-refractivity contribution in [3.05, 3.63) is 64.7 Å². The summed E-state index contributed by atoms with van der Waals surface area (Å²) in [5.74, 6) is 0.0803. The minimum absolute atomic E-state index is 0.226. The van der Waals surface area contributed by atoms with Crippen LogP contribution in [0.5, 0.6) is 0 Å².